The quantitative estimate of drug-likeness (QED) is 0.271. The van der Waals surface area contributed by atoms with Crippen molar-refractivity contribution in [3.8, 4) is 0 Å². The molecule has 0 bridgehead atoms. The van der Waals surface area contributed by atoms with E-state index in [0.717, 1.165) is 0 Å². The molecule has 2 unspecified atom stereocenters. The molecule has 2 saturated heterocycles. The number of carbonyl (C=O) groups excluding carboxylic acids is 4. The number of urea groups is 2. The fraction of sp³-hybridized carbons (Fsp3) is 0.500. The maximum Gasteiger partial charge on any atom is 0.334 e. The molecule has 6 amide bonds. The predicted molar refractivity (Wildman–Crippen MR) is 72.2 cm³/mol. The third kappa shape index (κ3) is 3.80. The lowest BCUT2D eigenvalue weighted by Crippen LogP contribution is -2.47. The molecule has 2 atom stereocenters. The van der Waals surface area contributed by atoms with Crippen LogP contribution in [0.5, 0.6) is 0 Å². The molecule has 0 aromatic rings. The zero-order valence-electron chi connectivity index (χ0n) is 11.6. The van der Waals surface area contributed by atoms with Crippen LogP contribution in [0.3, 0.4) is 0 Å². The molecular formula is C8H12N4O10P2. The lowest BCUT2D eigenvalue weighted by Gasteiger charge is -2.20. The molecule has 24 heavy (non-hydrogen) atoms. The molecule has 2 heterocycles. The van der Waals surface area contributed by atoms with Crippen LogP contribution in [-0.2, 0) is 18.7 Å². The summed E-state index contributed by atoms with van der Waals surface area (Å²) in [6, 6.07) is -2.25. The molecule has 134 valence electrons. The minimum absolute atomic E-state index is 0.326. The Hall–Kier alpha value is -1.82. The minimum atomic E-state index is -4.78. The summed E-state index contributed by atoms with van der Waals surface area (Å²) >= 11 is 0. The van der Waals surface area contributed by atoms with Crippen molar-refractivity contribution >= 4 is 39.1 Å². The van der Waals surface area contributed by atoms with Crippen LogP contribution in [0.25, 0.3) is 0 Å². The number of nitrogens with one attached hydrogen (secondary N) is 2. The molecule has 0 radical (unpaired) electrons. The first kappa shape index (κ1) is 18.5. The standard InChI is InChI=1S/C8H12N4O10P2/c13-3(1-23(17,18)19)11-5-6(10-7(11)15)12(8(16)9-5)4(14)2-24(20,21)22/h5-6H,1-2H2,(H,9,16)(H,10,15)(H2,17,18,19)(H2,20,21,22). The number of amides is 6. The summed E-state index contributed by atoms with van der Waals surface area (Å²) in [6.45, 7) is 0. The highest BCUT2D eigenvalue weighted by atomic mass is 31.2. The van der Waals surface area contributed by atoms with Gasteiger partial charge in [0.25, 0.3) is 0 Å². The van der Waals surface area contributed by atoms with Crippen LogP contribution in [0.15, 0.2) is 0 Å². The Kier molecular flexibility index (Phi) is 4.57. The normalized spacial score (nSPS) is 23.8. The van der Waals surface area contributed by atoms with Crippen LogP contribution in [0.4, 0.5) is 9.59 Å². The molecule has 2 aliphatic heterocycles. The Labute approximate surface area is 133 Å². The van der Waals surface area contributed by atoms with Gasteiger partial charge in [0.1, 0.15) is 12.3 Å². The Morgan fingerprint density at radius 1 is 0.833 bits per heavy atom. The summed E-state index contributed by atoms with van der Waals surface area (Å²) in [5.74, 6) is -2.59. The van der Waals surface area contributed by atoms with Crippen molar-refractivity contribution in [1.82, 2.24) is 20.4 Å². The number of nitrogens with zero attached hydrogens (tertiary/aromatic N) is 2. The molecule has 14 nitrogen and oxygen atoms in total. The first-order chi connectivity index (χ1) is 10.8. The molecule has 0 spiro atoms. The second kappa shape index (κ2) is 5.92. The van der Waals surface area contributed by atoms with Crippen molar-refractivity contribution in [2.24, 2.45) is 0 Å². The summed E-state index contributed by atoms with van der Waals surface area (Å²) in [7, 11) is -9.56. The van der Waals surface area contributed by atoms with Gasteiger partial charge in [0.2, 0.25) is 11.8 Å². The van der Waals surface area contributed by atoms with Gasteiger partial charge in [-0.15, -0.1) is 0 Å². The van der Waals surface area contributed by atoms with Crippen molar-refractivity contribution in [2.75, 3.05) is 12.3 Å². The summed E-state index contributed by atoms with van der Waals surface area (Å²) in [6.07, 6.45) is -5.50. The predicted octanol–water partition coefficient (Wildman–Crippen LogP) is -2.90. The molecule has 0 aliphatic carbocycles. The summed E-state index contributed by atoms with van der Waals surface area (Å²) in [5, 5.41) is 4.12. The Balaban J connectivity index is 2.22. The van der Waals surface area contributed by atoms with E-state index in [-0.39, 0.29) is 0 Å². The average Bonchev–Trinajstić information content (AvgIpc) is 2.76. The van der Waals surface area contributed by atoms with Crippen LogP contribution in [0, 0.1) is 0 Å². The maximum atomic E-state index is 11.8. The van der Waals surface area contributed by atoms with E-state index in [1.165, 1.54) is 0 Å². The highest BCUT2D eigenvalue weighted by Crippen LogP contribution is 2.37. The lowest BCUT2D eigenvalue weighted by atomic mass is 10.3. The molecule has 6 N–H and O–H groups in total. The summed E-state index contributed by atoms with van der Waals surface area (Å²) < 4.78 is 21.7. The molecule has 0 saturated carbocycles. The van der Waals surface area contributed by atoms with Crippen LogP contribution in [0.2, 0.25) is 0 Å². The van der Waals surface area contributed by atoms with Gasteiger partial charge in [0.15, 0.2) is 12.3 Å². The van der Waals surface area contributed by atoms with Crippen molar-refractivity contribution < 1.29 is 47.9 Å². The van der Waals surface area contributed by atoms with E-state index in [0.29, 0.717) is 9.80 Å². The first-order valence-electron chi connectivity index (χ1n) is 6.14. The zero-order valence-corrected chi connectivity index (χ0v) is 13.4. The van der Waals surface area contributed by atoms with Gasteiger partial charge in [-0.1, -0.05) is 0 Å². The minimum Gasteiger partial charge on any atom is -0.324 e. The second-order valence-corrected chi connectivity index (χ2v) is 8.25. The van der Waals surface area contributed by atoms with Gasteiger partial charge >= 0.3 is 27.3 Å². The molecular weight excluding hydrogens is 374 g/mol. The van der Waals surface area contributed by atoms with Crippen molar-refractivity contribution in [2.45, 2.75) is 12.3 Å². The largest absolute Gasteiger partial charge is 0.334 e. The van der Waals surface area contributed by atoms with E-state index in [2.05, 4.69) is 10.6 Å². The van der Waals surface area contributed by atoms with E-state index in [1.54, 1.807) is 0 Å². The molecule has 0 aromatic carbocycles. The van der Waals surface area contributed by atoms with Gasteiger partial charge < -0.3 is 30.2 Å². The van der Waals surface area contributed by atoms with Gasteiger partial charge in [0, 0.05) is 0 Å². The van der Waals surface area contributed by atoms with Gasteiger partial charge in [-0.05, 0) is 0 Å². The Morgan fingerprint density at radius 2 is 1.12 bits per heavy atom. The number of hydrogen-bond acceptors (Lipinski definition) is 6. The van der Waals surface area contributed by atoms with Crippen LogP contribution >= 0.6 is 15.2 Å². The van der Waals surface area contributed by atoms with E-state index >= 15 is 0 Å². The Morgan fingerprint density at radius 3 is 1.38 bits per heavy atom. The van der Waals surface area contributed by atoms with Crippen LogP contribution in [-0.4, -0.2) is 77.9 Å². The topological polar surface area (TPSA) is 214 Å². The van der Waals surface area contributed by atoms with Crippen LogP contribution in [0.1, 0.15) is 0 Å². The third-order valence-electron chi connectivity index (χ3n) is 3.06. The number of hydrogen-bond donors (Lipinski definition) is 6. The third-order valence-corrected chi connectivity index (χ3v) is 4.42. The SMILES string of the molecule is O=C(CP(=O)(O)O)N1C(=O)NC2C1NC(=O)N2C(=O)CP(=O)(O)O. The van der Waals surface area contributed by atoms with Crippen molar-refractivity contribution in [3.63, 3.8) is 0 Å². The molecule has 2 fully saturated rings. The lowest BCUT2D eigenvalue weighted by molar-refractivity contribution is -0.130. The highest BCUT2D eigenvalue weighted by molar-refractivity contribution is 7.53. The van der Waals surface area contributed by atoms with Gasteiger partial charge in [0.05, 0.1) is 0 Å². The highest BCUT2D eigenvalue weighted by Gasteiger charge is 2.55. The zero-order chi connectivity index (χ0) is 18.4. The average molecular weight is 386 g/mol. The van der Waals surface area contributed by atoms with E-state index in [1.807, 2.05) is 0 Å². The van der Waals surface area contributed by atoms with E-state index in [9.17, 15) is 28.3 Å². The molecule has 2 rings (SSSR count). The van der Waals surface area contributed by atoms with Crippen LogP contribution < -0.4 is 10.6 Å². The monoisotopic (exact) mass is 386 g/mol. The second-order valence-electron chi connectivity index (χ2n) is 4.96. The number of rotatable bonds is 4. The maximum absolute atomic E-state index is 11.8. The fourth-order valence-corrected chi connectivity index (χ4v) is 3.27. The summed E-state index contributed by atoms with van der Waals surface area (Å²) in [4.78, 5) is 83.0. The van der Waals surface area contributed by atoms with E-state index in [4.69, 9.17) is 19.6 Å². The fourth-order valence-electron chi connectivity index (χ4n) is 2.26. The smallest absolute Gasteiger partial charge is 0.324 e. The number of fused-ring (bicyclic) bond motifs is 1. The Bertz CT molecular complexity index is 652. The van der Waals surface area contributed by atoms with Gasteiger partial charge in [-0.3, -0.25) is 18.7 Å². The van der Waals surface area contributed by atoms with Gasteiger partial charge in [-0.25, -0.2) is 19.4 Å². The van der Waals surface area contributed by atoms with Crippen molar-refractivity contribution in [3.05, 3.63) is 0 Å². The number of carbonyl (C=O) groups is 4. The first-order valence-corrected chi connectivity index (χ1v) is 9.74. The molecule has 0 aromatic heterocycles. The summed E-state index contributed by atoms with van der Waals surface area (Å²) in [5.41, 5.74) is 0. The van der Waals surface area contributed by atoms with Crippen molar-refractivity contribution in [1.29, 1.82) is 0 Å². The number of imide groups is 2. The molecule has 2 aliphatic rings. The molecule has 16 heteroatoms. The van der Waals surface area contributed by atoms with Gasteiger partial charge in [-0.2, -0.15) is 0 Å². The van der Waals surface area contributed by atoms with E-state index < -0.39 is 63.7 Å².